The van der Waals surface area contributed by atoms with Crippen LogP contribution in [0.15, 0.2) is 34.9 Å². The highest BCUT2D eigenvalue weighted by molar-refractivity contribution is 6.09. The van der Waals surface area contributed by atoms with Crippen LogP contribution in [0.5, 0.6) is 5.75 Å². The summed E-state index contributed by atoms with van der Waals surface area (Å²) in [4.78, 5) is 17.8. The highest BCUT2D eigenvalue weighted by Crippen LogP contribution is 2.49. The topological polar surface area (TPSA) is 77.2 Å². The molecule has 1 amide bonds. The molecule has 6 nitrogen and oxygen atoms in total. The molecule has 0 unspecified atom stereocenters. The third-order valence-electron chi connectivity index (χ3n) is 6.96. The Morgan fingerprint density at radius 2 is 2.13 bits per heavy atom. The van der Waals surface area contributed by atoms with Crippen LogP contribution in [0.25, 0.3) is 22.4 Å². The molecular formula is C24H27N3O3. The Labute approximate surface area is 176 Å². The first-order chi connectivity index (χ1) is 14.5. The normalized spacial score (nSPS) is 23.6. The highest BCUT2D eigenvalue weighted by atomic mass is 16.5. The first-order valence-corrected chi connectivity index (χ1v) is 10.8. The summed E-state index contributed by atoms with van der Waals surface area (Å²) in [6.07, 6.45) is 5.23. The Bertz CT molecular complexity index is 1110. The van der Waals surface area contributed by atoms with Crippen molar-refractivity contribution in [3.8, 4) is 17.0 Å². The van der Waals surface area contributed by atoms with Gasteiger partial charge in [0.15, 0.2) is 0 Å². The third kappa shape index (κ3) is 3.24. The van der Waals surface area contributed by atoms with Crippen LogP contribution in [0.2, 0.25) is 0 Å². The lowest BCUT2D eigenvalue weighted by Gasteiger charge is -2.28. The van der Waals surface area contributed by atoms with Gasteiger partial charge in [-0.25, -0.2) is 4.98 Å². The molecule has 4 atom stereocenters. The molecule has 5 rings (SSSR count). The summed E-state index contributed by atoms with van der Waals surface area (Å²) in [7, 11) is 1.63. The number of fused-ring (bicyclic) bond motifs is 3. The second kappa shape index (κ2) is 7.42. The molecule has 0 aliphatic heterocycles. The van der Waals surface area contributed by atoms with E-state index in [1.54, 1.807) is 7.11 Å². The molecule has 3 aromatic rings. The minimum absolute atomic E-state index is 0.0897. The average Bonchev–Trinajstić information content (AvgIpc) is 3.48. The lowest BCUT2D eigenvalue weighted by Crippen LogP contribution is -2.40. The number of rotatable bonds is 5. The molecule has 1 aromatic carbocycles. The molecule has 30 heavy (non-hydrogen) atoms. The van der Waals surface area contributed by atoms with Crippen LogP contribution in [0.4, 0.5) is 0 Å². The predicted molar refractivity (Wildman–Crippen MR) is 114 cm³/mol. The lowest BCUT2D eigenvalue weighted by molar-refractivity contribution is 0.0917. The molecule has 2 saturated carbocycles. The minimum atomic E-state index is -0.0897. The molecule has 2 fully saturated rings. The van der Waals surface area contributed by atoms with Crippen LogP contribution in [0.1, 0.15) is 48.7 Å². The van der Waals surface area contributed by atoms with Crippen LogP contribution in [0, 0.1) is 24.7 Å². The van der Waals surface area contributed by atoms with Gasteiger partial charge in [-0.2, -0.15) is 0 Å². The van der Waals surface area contributed by atoms with Crippen molar-refractivity contribution in [1.82, 2.24) is 15.5 Å². The molecule has 0 radical (unpaired) electrons. The lowest BCUT2D eigenvalue weighted by atomic mass is 9.84. The van der Waals surface area contributed by atoms with Crippen LogP contribution in [-0.4, -0.2) is 29.2 Å². The van der Waals surface area contributed by atoms with Gasteiger partial charge in [-0.3, -0.25) is 4.79 Å². The number of amides is 1. The van der Waals surface area contributed by atoms with E-state index in [9.17, 15) is 4.79 Å². The first kappa shape index (κ1) is 19.1. The van der Waals surface area contributed by atoms with Gasteiger partial charge >= 0.3 is 0 Å². The van der Waals surface area contributed by atoms with E-state index in [-0.39, 0.29) is 11.9 Å². The number of nitrogens with zero attached hydrogens (tertiary/aromatic N) is 2. The Balaban J connectivity index is 1.50. The van der Waals surface area contributed by atoms with Crippen molar-refractivity contribution in [2.24, 2.45) is 17.8 Å². The summed E-state index contributed by atoms with van der Waals surface area (Å²) in [5.41, 5.74) is 3.11. The van der Waals surface area contributed by atoms with Gasteiger partial charge in [-0.05, 0) is 69.1 Å². The largest absolute Gasteiger partial charge is 0.497 e. The van der Waals surface area contributed by atoms with E-state index in [0.717, 1.165) is 28.8 Å². The zero-order chi connectivity index (χ0) is 20.8. The van der Waals surface area contributed by atoms with E-state index >= 15 is 0 Å². The number of benzene rings is 1. The summed E-state index contributed by atoms with van der Waals surface area (Å²) in [6, 6.07) is 9.56. The highest BCUT2D eigenvalue weighted by Gasteiger charge is 2.42. The Morgan fingerprint density at radius 1 is 1.27 bits per heavy atom. The Morgan fingerprint density at radius 3 is 2.87 bits per heavy atom. The Hall–Kier alpha value is -2.89. The summed E-state index contributed by atoms with van der Waals surface area (Å²) in [5.74, 6) is 2.82. The smallest absolute Gasteiger partial charge is 0.259 e. The van der Waals surface area contributed by atoms with Gasteiger partial charge in [0.1, 0.15) is 11.4 Å². The zero-order valence-electron chi connectivity index (χ0n) is 17.6. The van der Waals surface area contributed by atoms with E-state index in [0.29, 0.717) is 28.3 Å². The summed E-state index contributed by atoms with van der Waals surface area (Å²) in [6.45, 7) is 4.01. The fourth-order valence-corrected chi connectivity index (χ4v) is 5.52. The molecule has 0 spiro atoms. The number of aryl methyl sites for hydroxylation is 1. The molecule has 1 N–H and O–H groups in total. The maximum Gasteiger partial charge on any atom is 0.259 e. The number of nitrogens with one attached hydrogen (secondary N) is 1. The molecule has 2 aliphatic carbocycles. The third-order valence-corrected chi connectivity index (χ3v) is 6.96. The SMILES string of the molecule is COc1cccc(-c2noc3nc(C)cc(C(=O)N[C@@H](C)[C@@H]4C[C@@H]5CC[C@@H]4C5)c23)c1. The minimum Gasteiger partial charge on any atom is -0.497 e. The van der Waals surface area contributed by atoms with Gasteiger partial charge in [-0.1, -0.05) is 23.7 Å². The molecule has 6 heteroatoms. The second-order valence-electron chi connectivity index (χ2n) is 8.86. The molecule has 2 heterocycles. The number of methoxy groups -OCH3 is 1. The van der Waals surface area contributed by atoms with Crippen molar-refractivity contribution >= 4 is 17.0 Å². The van der Waals surface area contributed by atoms with Crippen molar-refractivity contribution in [3.05, 3.63) is 41.6 Å². The van der Waals surface area contributed by atoms with Gasteiger partial charge in [-0.15, -0.1) is 0 Å². The monoisotopic (exact) mass is 405 g/mol. The van der Waals surface area contributed by atoms with Crippen LogP contribution >= 0.6 is 0 Å². The van der Waals surface area contributed by atoms with Crippen molar-refractivity contribution < 1.29 is 14.1 Å². The quantitative estimate of drug-likeness (QED) is 0.662. The number of hydrogen-bond donors (Lipinski definition) is 1. The summed E-state index contributed by atoms with van der Waals surface area (Å²) >= 11 is 0. The van der Waals surface area contributed by atoms with Crippen molar-refractivity contribution in [2.45, 2.75) is 45.6 Å². The maximum atomic E-state index is 13.4. The molecular weight excluding hydrogens is 378 g/mol. The summed E-state index contributed by atoms with van der Waals surface area (Å²) in [5, 5.41) is 8.16. The van der Waals surface area contributed by atoms with E-state index in [2.05, 4.69) is 22.4 Å². The number of aromatic nitrogens is 2. The first-order valence-electron chi connectivity index (χ1n) is 10.8. The molecule has 2 bridgehead atoms. The fraction of sp³-hybridized carbons (Fsp3) is 0.458. The standard InChI is InChI=1S/C24H27N3O3/c1-13-9-20(23(28)26-14(2)19-11-15-7-8-16(19)10-15)21-22(27-30-24(21)25-13)17-5-4-6-18(12-17)29-3/h4-6,9,12,14-16,19H,7-8,10-11H2,1-3H3,(H,26,28)/t14-,15+,16+,19-/m0/s1. The molecule has 2 aromatic heterocycles. The Kier molecular flexibility index (Phi) is 4.72. The number of pyridine rings is 1. The number of carbonyl (C=O) groups excluding carboxylic acids is 1. The number of hydrogen-bond acceptors (Lipinski definition) is 5. The van der Waals surface area contributed by atoms with Gasteiger partial charge in [0.25, 0.3) is 11.6 Å². The van der Waals surface area contributed by atoms with Gasteiger partial charge in [0, 0.05) is 17.3 Å². The number of carbonyl (C=O) groups is 1. The van der Waals surface area contributed by atoms with Gasteiger partial charge in [0.2, 0.25) is 0 Å². The van der Waals surface area contributed by atoms with Crippen molar-refractivity contribution in [1.29, 1.82) is 0 Å². The van der Waals surface area contributed by atoms with Gasteiger partial charge in [0.05, 0.1) is 18.1 Å². The average molecular weight is 405 g/mol. The van der Waals surface area contributed by atoms with Crippen LogP contribution in [0.3, 0.4) is 0 Å². The van der Waals surface area contributed by atoms with E-state index < -0.39 is 0 Å². The van der Waals surface area contributed by atoms with Crippen LogP contribution in [-0.2, 0) is 0 Å². The van der Waals surface area contributed by atoms with Gasteiger partial charge < -0.3 is 14.6 Å². The second-order valence-corrected chi connectivity index (χ2v) is 8.86. The predicted octanol–water partition coefficient (Wildman–Crippen LogP) is 4.76. The van der Waals surface area contributed by atoms with Crippen molar-refractivity contribution in [2.75, 3.05) is 7.11 Å². The molecule has 156 valence electrons. The van der Waals surface area contributed by atoms with Crippen molar-refractivity contribution in [3.63, 3.8) is 0 Å². The van der Waals surface area contributed by atoms with E-state index in [4.69, 9.17) is 9.26 Å². The van der Waals surface area contributed by atoms with E-state index in [1.165, 1.54) is 25.7 Å². The molecule has 0 saturated heterocycles. The maximum absolute atomic E-state index is 13.4. The fourth-order valence-electron chi connectivity index (χ4n) is 5.52. The van der Waals surface area contributed by atoms with E-state index in [1.807, 2.05) is 37.3 Å². The summed E-state index contributed by atoms with van der Waals surface area (Å²) < 4.78 is 10.9. The number of ether oxygens (including phenoxy) is 1. The zero-order valence-corrected chi connectivity index (χ0v) is 17.6. The molecule has 2 aliphatic rings. The van der Waals surface area contributed by atoms with Crippen LogP contribution < -0.4 is 10.1 Å².